The van der Waals surface area contributed by atoms with Gasteiger partial charge in [0.2, 0.25) is 0 Å². The predicted molar refractivity (Wildman–Crippen MR) is 136 cm³/mol. The predicted octanol–water partition coefficient (Wildman–Crippen LogP) is 5.99. The van der Waals surface area contributed by atoms with Gasteiger partial charge in [0.25, 0.3) is 5.91 Å². The SMILES string of the molecule is CCOC(OC)Oc1ccc(CC=CNC(=O)c2ccccc2)cc1C12CC3CC(CC(C3)C1)C2. The molecule has 4 aliphatic carbocycles. The molecule has 5 heteroatoms. The lowest BCUT2D eigenvalue weighted by Gasteiger charge is -2.57. The van der Waals surface area contributed by atoms with E-state index in [1.807, 2.05) is 43.3 Å². The van der Waals surface area contributed by atoms with Crippen molar-refractivity contribution < 1.29 is 19.0 Å². The number of benzene rings is 2. The van der Waals surface area contributed by atoms with E-state index >= 15 is 0 Å². The second-order valence-corrected chi connectivity index (χ2v) is 10.6. The quantitative estimate of drug-likeness (QED) is 0.429. The molecule has 4 fully saturated rings. The Balaban J connectivity index is 1.35. The number of amides is 1. The average molecular weight is 476 g/mol. The first-order chi connectivity index (χ1) is 17.1. The molecule has 0 aromatic heterocycles. The topological polar surface area (TPSA) is 56.8 Å². The van der Waals surface area contributed by atoms with E-state index in [1.165, 1.54) is 49.7 Å². The van der Waals surface area contributed by atoms with Gasteiger partial charge in [0, 0.05) is 24.4 Å². The van der Waals surface area contributed by atoms with Crippen molar-refractivity contribution in [2.75, 3.05) is 13.7 Å². The van der Waals surface area contributed by atoms with Crippen LogP contribution in [-0.2, 0) is 21.3 Å². The summed E-state index contributed by atoms with van der Waals surface area (Å²) in [5, 5.41) is 2.87. The summed E-state index contributed by atoms with van der Waals surface area (Å²) in [5.41, 5.74) is 3.39. The Morgan fingerprint density at radius 3 is 2.37 bits per heavy atom. The van der Waals surface area contributed by atoms with E-state index < -0.39 is 6.48 Å². The fourth-order valence-electron chi connectivity index (χ4n) is 7.05. The average Bonchev–Trinajstić information content (AvgIpc) is 2.86. The van der Waals surface area contributed by atoms with Gasteiger partial charge in [-0.2, -0.15) is 0 Å². The number of allylic oxidation sites excluding steroid dienone is 1. The van der Waals surface area contributed by atoms with E-state index in [-0.39, 0.29) is 11.3 Å². The molecule has 2 aromatic rings. The van der Waals surface area contributed by atoms with Crippen LogP contribution in [0.25, 0.3) is 0 Å². The monoisotopic (exact) mass is 475 g/mol. The fourth-order valence-corrected chi connectivity index (χ4v) is 7.05. The molecule has 4 bridgehead atoms. The molecule has 4 aliphatic rings. The van der Waals surface area contributed by atoms with E-state index in [0.717, 1.165) is 29.9 Å². The van der Waals surface area contributed by atoms with Crippen molar-refractivity contribution in [1.82, 2.24) is 5.32 Å². The van der Waals surface area contributed by atoms with Crippen molar-refractivity contribution in [1.29, 1.82) is 0 Å². The molecule has 6 rings (SSSR count). The second-order valence-electron chi connectivity index (χ2n) is 10.6. The summed E-state index contributed by atoms with van der Waals surface area (Å²) >= 11 is 0. The van der Waals surface area contributed by atoms with Crippen LogP contribution in [0.1, 0.15) is 66.9 Å². The van der Waals surface area contributed by atoms with E-state index in [2.05, 4.69) is 23.5 Å². The molecule has 186 valence electrons. The highest BCUT2D eigenvalue weighted by molar-refractivity contribution is 5.94. The van der Waals surface area contributed by atoms with Crippen molar-refractivity contribution in [3.05, 3.63) is 77.5 Å². The third-order valence-electron chi connectivity index (χ3n) is 8.09. The summed E-state index contributed by atoms with van der Waals surface area (Å²) in [5.74, 6) is 3.32. The second kappa shape index (κ2) is 10.5. The molecule has 1 amide bonds. The van der Waals surface area contributed by atoms with E-state index in [4.69, 9.17) is 14.2 Å². The molecule has 4 saturated carbocycles. The molecule has 0 aliphatic heterocycles. The highest BCUT2D eigenvalue weighted by Crippen LogP contribution is 2.62. The first-order valence-corrected chi connectivity index (χ1v) is 13.0. The van der Waals surface area contributed by atoms with Crippen LogP contribution in [-0.4, -0.2) is 26.1 Å². The Morgan fingerprint density at radius 1 is 1.06 bits per heavy atom. The zero-order chi connectivity index (χ0) is 24.3. The van der Waals surface area contributed by atoms with Crippen LogP contribution in [0.15, 0.2) is 60.8 Å². The van der Waals surface area contributed by atoms with Gasteiger partial charge < -0.3 is 19.5 Å². The molecule has 1 N–H and O–H groups in total. The normalized spacial score (nSPS) is 27.8. The molecular weight excluding hydrogens is 438 g/mol. The third-order valence-corrected chi connectivity index (χ3v) is 8.09. The number of ether oxygens (including phenoxy) is 3. The van der Waals surface area contributed by atoms with Gasteiger partial charge in [-0.15, -0.1) is 0 Å². The van der Waals surface area contributed by atoms with Gasteiger partial charge in [0.1, 0.15) is 5.75 Å². The Morgan fingerprint density at radius 2 is 1.74 bits per heavy atom. The lowest BCUT2D eigenvalue weighted by molar-refractivity contribution is -0.231. The zero-order valence-electron chi connectivity index (χ0n) is 20.9. The van der Waals surface area contributed by atoms with Crippen molar-refractivity contribution >= 4 is 5.91 Å². The lowest BCUT2D eigenvalue weighted by Crippen LogP contribution is -2.48. The summed E-state index contributed by atoms with van der Waals surface area (Å²) in [4.78, 5) is 12.3. The van der Waals surface area contributed by atoms with Gasteiger partial charge in [0.05, 0.1) is 6.61 Å². The Bertz CT molecular complexity index is 1010. The minimum absolute atomic E-state index is 0.0959. The summed E-state index contributed by atoms with van der Waals surface area (Å²) in [7, 11) is 1.62. The maximum absolute atomic E-state index is 12.3. The highest BCUT2D eigenvalue weighted by atomic mass is 16.8. The van der Waals surface area contributed by atoms with E-state index in [0.29, 0.717) is 12.2 Å². The summed E-state index contributed by atoms with van der Waals surface area (Å²) < 4.78 is 17.3. The van der Waals surface area contributed by atoms with E-state index in [1.54, 1.807) is 13.3 Å². The zero-order valence-corrected chi connectivity index (χ0v) is 20.9. The molecule has 35 heavy (non-hydrogen) atoms. The third kappa shape index (κ3) is 5.31. The molecule has 1 atom stereocenters. The standard InChI is InChI=1S/C30H37NO4/c1-3-34-29(33-2)35-27-12-11-21(8-7-13-31-28(32)25-9-5-4-6-10-25)17-26(27)30-18-22-14-23(19-30)16-24(15-22)20-30/h4-7,9-13,17,22-24,29H,3,8,14-16,18-20H2,1-2H3,(H,31,32). The number of carbonyl (C=O) groups excluding carboxylic acids is 1. The fraction of sp³-hybridized carbons (Fsp3) is 0.500. The number of nitrogens with one attached hydrogen (secondary N) is 1. The van der Waals surface area contributed by atoms with Gasteiger partial charge >= 0.3 is 6.48 Å². The minimum atomic E-state index is -0.702. The summed E-state index contributed by atoms with van der Waals surface area (Å²) in [6.45, 7) is 1.77. The molecule has 0 heterocycles. The number of hydrogen-bond acceptors (Lipinski definition) is 4. The molecule has 0 spiro atoms. The van der Waals surface area contributed by atoms with Crippen molar-refractivity contribution in [2.45, 2.75) is 63.8 Å². The van der Waals surface area contributed by atoms with E-state index in [9.17, 15) is 4.79 Å². The van der Waals surface area contributed by atoms with Gasteiger partial charge in [0.15, 0.2) is 0 Å². The number of hydrogen-bond donors (Lipinski definition) is 1. The van der Waals surface area contributed by atoms with Crippen LogP contribution in [0.3, 0.4) is 0 Å². The maximum Gasteiger partial charge on any atom is 0.315 e. The van der Waals surface area contributed by atoms with Crippen LogP contribution in [0.5, 0.6) is 5.75 Å². The van der Waals surface area contributed by atoms with Crippen LogP contribution in [0, 0.1) is 17.8 Å². The Kier molecular flexibility index (Phi) is 7.26. The minimum Gasteiger partial charge on any atom is -0.441 e. The first kappa shape index (κ1) is 24.1. The highest BCUT2D eigenvalue weighted by Gasteiger charge is 2.52. The number of carbonyl (C=O) groups is 1. The number of methoxy groups -OCH3 is 1. The smallest absolute Gasteiger partial charge is 0.315 e. The first-order valence-electron chi connectivity index (χ1n) is 13.0. The van der Waals surface area contributed by atoms with Gasteiger partial charge in [-0.05, 0) is 98.8 Å². The van der Waals surface area contributed by atoms with Gasteiger partial charge in [-0.25, -0.2) is 0 Å². The van der Waals surface area contributed by atoms with Crippen molar-refractivity contribution in [3.63, 3.8) is 0 Å². The molecule has 5 nitrogen and oxygen atoms in total. The van der Waals surface area contributed by atoms with Crippen LogP contribution in [0.4, 0.5) is 0 Å². The molecular formula is C30H37NO4. The van der Waals surface area contributed by atoms with Crippen LogP contribution < -0.4 is 10.1 Å². The van der Waals surface area contributed by atoms with Gasteiger partial charge in [-0.1, -0.05) is 36.4 Å². The van der Waals surface area contributed by atoms with Gasteiger partial charge in [-0.3, -0.25) is 4.79 Å². The Labute approximate surface area is 208 Å². The molecule has 0 radical (unpaired) electrons. The largest absolute Gasteiger partial charge is 0.441 e. The summed E-state index contributed by atoms with van der Waals surface area (Å²) in [6.07, 6.45) is 12.5. The maximum atomic E-state index is 12.3. The molecule has 0 saturated heterocycles. The van der Waals surface area contributed by atoms with Crippen LogP contribution in [0.2, 0.25) is 0 Å². The summed E-state index contributed by atoms with van der Waals surface area (Å²) in [6, 6.07) is 15.8. The molecule has 1 unspecified atom stereocenters. The number of rotatable bonds is 10. The lowest BCUT2D eigenvalue weighted by atomic mass is 9.48. The van der Waals surface area contributed by atoms with Crippen LogP contribution >= 0.6 is 0 Å². The Hall–Kier alpha value is -2.63. The van der Waals surface area contributed by atoms with Crippen molar-refractivity contribution in [3.8, 4) is 5.75 Å². The molecule has 2 aromatic carbocycles. The van der Waals surface area contributed by atoms with Crippen molar-refractivity contribution in [2.24, 2.45) is 17.8 Å².